The van der Waals surface area contributed by atoms with Crippen LogP contribution < -0.4 is 5.32 Å². The number of nitrogens with one attached hydrogen (secondary N) is 1. The summed E-state index contributed by atoms with van der Waals surface area (Å²) in [5.41, 5.74) is 2.71. The number of nitrogens with zero attached hydrogens (tertiary/aromatic N) is 2. The average Bonchev–Trinajstić information content (AvgIpc) is 3.14. The minimum Gasteiger partial charge on any atom is -0.479 e. The third-order valence-electron chi connectivity index (χ3n) is 4.21. The third kappa shape index (κ3) is 4.22. The second kappa shape index (κ2) is 8.22. The van der Waals surface area contributed by atoms with Gasteiger partial charge in [0.2, 0.25) is 0 Å². The van der Waals surface area contributed by atoms with Crippen molar-refractivity contribution >= 4 is 23.0 Å². The van der Waals surface area contributed by atoms with Crippen LogP contribution in [0.25, 0.3) is 11.3 Å². The van der Waals surface area contributed by atoms with Crippen molar-refractivity contribution in [3.05, 3.63) is 96.6 Å². The molecule has 1 amide bonds. The molecule has 1 aromatic heterocycles. The summed E-state index contributed by atoms with van der Waals surface area (Å²) in [6.07, 6.45) is 0. The lowest BCUT2D eigenvalue weighted by atomic mass is 10.1. The fraction of sp³-hybridized carbons (Fsp3) is 0. The molecule has 0 radical (unpaired) electrons. The molecule has 6 heteroatoms. The van der Waals surface area contributed by atoms with Gasteiger partial charge in [-0.25, -0.2) is 0 Å². The molecule has 0 fully saturated rings. The van der Waals surface area contributed by atoms with E-state index in [0.717, 1.165) is 11.3 Å². The average molecular weight is 383 g/mol. The number of hydrogen-bond donors (Lipinski definition) is 2. The lowest BCUT2D eigenvalue weighted by Crippen LogP contribution is -2.00. The van der Waals surface area contributed by atoms with E-state index in [1.165, 1.54) is 6.07 Å². The Morgan fingerprint density at radius 2 is 1.52 bits per heavy atom. The predicted octanol–water partition coefficient (Wildman–Crippen LogP) is 6.32. The fourth-order valence-corrected chi connectivity index (χ4v) is 2.80. The highest BCUT2D eigenvalue weighted by molar-refractivity contribution is 6.00. The van der Waals surface area contributed by atoms with Gasteiger partial charge in [0.1, 0.15) is 5.76 Å². The molecular weight excluding hydrogens is 366 g/mol. The topological polar surface area (TPSA) is 87.2 Å². The van der Waals surface area contributed by atoms with E-state index < -0.39 is 11.9 Å². The highest BCUT2D eigenvalue weighted by Crippen LogP contribution is 2.36. The molecule has 0 unspecified atom stereocenters. The molecule has 6 nitrogen and oxygen atoms in total. The molecule has 4 aromatic rings. The van der Waals surface area contributed by atoms with E-state index in [-0.39, 0.29) is 5.69 Å². The summed E-state index contributed by atoms with van der Waals surface area (Å²) in [6.45, 7) is 0. The van der Waals surface area contributed by atoms with Gasteiger partial charge >= 0.3 is 5.95 Å². The molecule has 0 aliphatic rings. The largest absolute Gasteiger partial charge is 0.479 e. The van der Waals surface area contributed by atoms with E-state index in [9.17, 15) is 9.90 Å². The number of amides is 1. The first kappa shape index (κ1) is 18.2. The van der Waals surface area contributed by atoms with Gasteiger partial charge in [-0.15, -0.1) is 10.2 Å². The Kier molecular flexibility index (Phi) is 5.16. The number of carbonyl (C=O) groups is 1. The monoisotopic (exact) mass is 383 g/mol. The van der Waals surface area contributed by atoms with Gasteiger partial charge in [0.05, 0.1) is 11.3 Å². The fourth-order valence-electron chi connectivity index (χ4n) is 2.80. The third-order valence-corrected chi connectivity index (χ3v) is 4.21. The molecule has 1 heterocycles. The zero-order valence-corrected chi connectivity index (χ0v) is 15.3. The van der Waals surface area contributed by atoms with E-state index in [1.54, 1.807) is 18.2 Å². The molecule has 0 atom stereocenters. The van der Waals surface area contributed by atoms with Crippen LogP contribution in [0.1, 0.15) is 10.4 Å². The lowest BCUT2D eigenvalue weighted by molar-refractivity contribution is 0.0996. The summed E-state index contributed by atoms with van der Waals surface area (Å²) in [6, 6.07) is 27.4. The normalized spacial score (nSPS) is 10.9. The molecule has 0 spiro atoms. The van der Waals surface area contributed by atoms with Crippen molar-refractivity contribution in [3.63, 3.8) is 0 Å². The zero-order chi connectivity index (χ0) is 20.1. The maximum Gasteiger partial charge on any atom is 0.311 e. The highest BCUT2D eigenvalue weighted by atomic mass is 16.5. The summed E-state index contributed by atoms with van der Waals surface area (Å²) < 4.78 is 5.32. The standard InChI is InChI=1S/C23H17N3O3/c27-22(18-13-7-8-14-19(18)24-17-11-5-2-6-12-17)26-25-20-15-21(29-23(20)28)16-9-3-1-4-10-16/h1-15,24,28H. The maximum atomic E-state index is 12.6. The summed E-state index contributed by atoms with van der Waals surface area (Å²) >= 11 is 0. The van der Waals surface area contributed by atoms with Crippen LogP contribution in [0.5, 0.6) is 5.95 Å². The molecule has 0 aliphatic heterocycles. The van der Waals surface area contributed by atoms with Gasteiger partial charge < -0.3 is 14.8 Å². The number of carbonyl (C=O) groups excluding carboxylic acids is 1. The van der Waals surface area contributed by atoms with Crippen LogP contribution in [0, 0.1) is 0 Å². The van der Waals surface area contributed by atoms with Crippen LogP contribution in [-0.2, 0) is 0 Å². The summed E-state index contributed by atoms with van der Waals surface area (Å²) in [7, 11) is 0. The van der Waals surface area contributed by atoms with Gasteiger partial charge in [-0.05, 0) is 24.3 Å². The van der Waals surface area contributed by atoms with Gasteiger partial charge in [0.25, 0.3) is 5.91 Å². The van der Waals surface area contributed by atoms with Crippen molar-refractivity contribution in [1.29, 1.82) is 0 Å². The zero-order valence-electron chi connectivity index (χ0n) is 15.3. The first-order valence-corrected chi connectivity index (χ1v) is 8.96. The Morgan fingerprint density at radius 3 is 2.28 bits per heavy atom. The van der Waals surface area contributed by atoms with Crippen molar-refractivity contribution in [3.8, 4) is 17.3 Å². The number of para-hydroxylation sites is 2. The molecular formula is C23H17N3O3. The van der Waals surface area contributed by atoms with Crippen molar-refractivity contribution in [1.82, 2.24) is 0 Å². The molecule has 3 aromatic carbocycles. The SMILES string of the molecule is O=C(N=Nc1cc(-c2ccccc2)oc1O)c1ccccc1Nc1ccccc1. The van der Waals surface area contributed by atoms with Crippen LogP contribution in [0.3, 0.4) is 0 Å². The van der Waals surface area contributed by atoms with Crippen molar-refractivity contribution in [2.75, 3.05) is 5.32 Å². The Balaban J connectivity index is 1.56. The highest BCUT2D eigenvalue weighted by Gasteiger charge is 2.14. The number of rotatable bonds is 5. The summed E-state index contributed by atoms with van der Waals surface area (Å²) in [4.78, 5) is 12.6. The van der Waals surface area contributed by atoms with E-state index in [2.05, 4.69) is 15.5 Å². The molecule has 142 valence electrons. The molecule has 0 bridgehead atoms. The molecule has 0 aliphatic carbocycles. The number of benzene rings is 3. The maximum absolute atomic E-state index is 12.6. The second-order valence-corrected chi connectivity index (χ2v) is 6.21. The van der Waals surface area contributed by atoms with Crippen molar-refractivity contribution < 1.29 is 14.3 Å². The van der Waals surface area contributed by atoms with Gasteiger partial charge in [0, 0.05) is 17.3 Å². The molecule has 29 heavy (non-hydrogen) atoms. The van der Waals surface area contributed by atoms with Crippen LogP contribution >= 0.6 is 0 Å². The predicted molar refractivity (Wildman–Crippen MR) is 111 cm³/mol. The van der Waals surface area contributed by atoms with E-state index in [0.29, 0.717) is 17.0 Å². The van der Waals surface area contributed by atoms with E-state index in [4.69, 9.17) is 4.42 Å². The minimum atomic E-state index is -0.536. The number of anilines is 2. The van der Waals surface area contributed by atoms with Gasteiger partial charge in [0.15, 0.2) is 5.69 Å². The Hall–Kier alpha value is -4.19. The van der Waals surface area contributed by atoms with Crippen molar-refractivity contribution in [2.24, 2.45) is 10.2 Å². The van der Waals surface area contributed by atoms with E-state index in [1.807, 2.05) is 66.7 Å². The first-order chi connectivity index (χ1) is 14.2. The Morgan fingerprint density at radius 1 is 0.862 bits per heavy atom. The van der Waals surface area contributed by atoms with Crippen LogP contribution in [0.4, 0.5) is 17.1 Å². The number of azo groups is 1. The van der Waals surface area contributed by atoms with Gasteiger partial charge in [-0.1, -0.05) is 60.7 Å². The molecule has 2 N–H and O–H groups in total. The molecule has 4 rings (SSSR count). The quantitative estimate of drug-likeness (QED) is 0.395. The number of hydrogen-bond acceptors (Lipinski definition) is 5. The van der Waals surface area contributed by atoms with Crippen LogP contribution in [0.15, 0.2) is 106 Å². The summed E-state index contributed by atoms with van der Waals surface area (Å²) in [5, 5.41) is 20.8. The van der Waals surface area contributed by atoms with Crippen molar-refractivity contribution in [2.45, 2.75) is 0 Å². The van der Waals surface area contributed by atoms with Crippen LogP contribution in [0.2, 0.25) is 0 Å². The van der Waals surface area contributed by atoms with Crippen LogP contribution in [-0.4, -0.2) is 11.0 Å². The smallest absolute Gasteiger partial charge is 0.311 e. The number of aromatic hydroxyl groups is 1. The van der Waals surface area contributed by atoms with Gasteiger partial charge in [-0.3, -0.25) is 4.79 Å². The molecule has 0 saturated heterocycles. The Labute approximate surface area is 167 Å². The Bertz CT molecular complexity index is 1150. The minimum absolute atomic E-state index is 0.0886. The lowest BCUT2D eigenvalue weighted by Gasteiger charge is -2.09. The summed E-state index contributed by atoms with van der Waals surface area (Å²) in [5.74, 6) is -0.488. The van der Waals surface area contributed by atoms with E-state index >= 15 is 0 Å². The first-order valence-electron chi connectivity index (χ1n) is 8.96. The second-order valence-electron chi connectivity index (χ2n) is 6.21. The van der Waals surface area contributed by atoms with Gasteiger partial charge in [-0.2, -0.15) is 0 Å². The molecule has 0 saturated carbocycles. The number of furan rings is 1.